The summed E-state index contributed by atoms with van der Waals surface area (Å²) in [5, 5.41) is 8.70. The van der Waals surface area contributed by atoms with Gasteiger partial charge in [-0.2, -0.15) is 4.39 Å². The molecule has 0 unspecified atom stereocenters. The van der Waals surface area contributed by atoms with Gasteiger partial charge in [0.2, 0.25) is 5.95 Å². The van der Waals surface area contributed by atoms with Gasteiger partial charge in [0.1, 0.15) is 5.75 Å². The normalized spacial score (nSPS) is 11.3. The second kappa shape index (κ2) is 6.00. The van der Waals surface area contributed by atoms with Crippen molar-refractivity contribution in [3.8, 4) is 16.9 Å². The van der Waals surface area contributed by atoms with Crippen LogP contribution in [0.2, 0.25) is 0 Å². The van der Waals surface area contributed by atoms with Crippen LogP contribution in [0.15, 0.2) is 36.5 Å². The summed E-state index contributed by atoms with van der Waals surface area (Å²) in [6, 6.07) is 5.93. The minimum Gasteiger partial charge on any atom is -0.481 e. The second-order valence-electron chi connectivity index (χ2n) is 4.33. The third-order valence-electron chi connectivity index (χ3n) is 2.63. The number of pyridine rings is 1. The van der Waals surface area contributed by atoms with E-state index < -0.39 is 24.0 Å². The molecule has 1 heterocycles. The number of carboxylic acids is 1. The van der Waals surface area contributed by atoms with Crippen molar-refractivity contribution < 1.29 is 32.2 Å². The summed E-state index contributed by atoms with van der Waals surface area (Å²) in [5.74, 6) is -2.56. The van der Waals surface area contributed by atoms with Gasteiger partial charge in [-0.05, 0) is 29.3 Å². The van der Waals surface area contributed by atoms with Crippen molar-refractivity contribution in [2.45, 2.75) is 12.8 Å². The first kappa shape index (κ1) is 15.7. The Kier molecular flexibility index (Phi) is 4.30. The third kappa shape index (κ3) is 4.18. The molecule has 1 aromatic heterocycles. The van der Waals surface area contributed by atoms with E-state index in [1.165, 1.54) is 18.2 Å². The van der Waals surface area contributed by atoms with E-state index in [-0.39, 0.29) is 23.1 Å². The standard InChI is InChI=1S/C14H9F4NO3/c15-13-11(4-8(7-19-13)5-12(20)21)9-2-1-3-10(6-9)22-14(16,17)18/h1-4,6-7H,5H2,(H,20,21). The molecule has 0 aliphatic heterocycles. The summed E-state index contributed by atoms with van der Waals surface area (Å²) in [5.41, 5.74) is 0.219. The zero-order chi connectivity index (χ0) is 16.3. The zero-order valence-corrected chi connectivity index (χ0v) is 10.9. The summed E-state index contributed by atoms with van der Waals surface area (Å²) in [6.07, 6.45) is -4.18. The number of hydrogen-bond donors (Lipinski definition) is 1. The second-order valence-corrected chi connectivity index (χ2v) is 4.33. The highest BCUT2D eigenvalue weighted by Gasteiger charge is 2.31. The van der Waals surface area contributed by atoms with Crippen molar-refractivity contribution in [2.24, 2.45) is 0 Å². The Bertz CT molecular complexity index is 701. The smallest absolute Gasteiger partial charge is 0.481 e. The van der Waals surface area contributed by atoms with E-state index in [2.05, 4.69) is 9.72 Å². The molecule has 0 spiro atoms. The van der Waals surface area contributed by atoms with Crippen LogP contribution in [-0.4, -0.2) is 22.4 Å². The molecule has 1 aromatic carbocycles. The van der Waals surface area contributed by atoms with E-state index in [9.17, 15) is 22.4 Å². The van der Waals surface area contributed by atoms with Crippen LogP contribution in [0.25, 0.3) is 11.1 Å². The molecular formula is C14H9F4NO3. The lowest BCUT2D eigenvalue weighted by atomic mass is 10.0. The van der Waals surface area contributed by atoms with Gasteiger partial charge in [0.15, 0.2) is 0 Å². The van der Waals surface area contributed by atoms with E-state index >= 15 is 0 Å². The fraction of sp³-hybridized carbons (Fsp3) is 0.143. The Morgan fingerprint density at radius 2 is 2.00 bits per heavy atom. The average molecular weight is 315 g/mol. The minimum absolute atomic E-state index is 0.0963. The van der Waals surface area contributed by atoms with Crippen molar-refractivity contribution in [1.82, 2.24) is 4.98 Å². The number of rotatable bonds is 4. The molecule has 0 saturated carbocycles. The molecule has 116 valence electrons. The number of benzene rings is 1. The lowest BCUT2D eigenvalue weighted by Crippen LogP contribution is -2.17. The van der Waals surface area contributed by atoms with Crippen LogP contribution in [0, 0.1) is 5.95 Å². The highest BCUT2D eigenvalue weighted by atomic mass is 19.4. The fourth-order valence-electron chi connectivity index (χ4n) is 1.83. The van der Waals surface area contributed by atoms with E-state index in [4.69, 9.17) is 5.11 Å². The summed E-state index contributed by atoms with van der Waals surface area (Å²) >= 11 is 0. The van der Waals surface area contributed by atoms with Crippen LogP contribution in [0.5, 0.6) is 5.75 Å². The van der Waals surface area contributed by atoms with E-state index in [1.54, 1.807) is 0 Å². The monoisotopic (exact) mass is 315 g/mol. The van der Waals surface area contributed by atoms with Crippen LogP contribution in [-0.2, 0) is 11.2 Å². The predicted molar refractivity (Wildman–Crippen MR) is 67.7 cm³/mol. The Hall–Kier alpha value is -2.64. The number of aliphatic carboxylic acids is 1. The third-order valence-corrected chi connectivity index (χ3v) is 2.63. The summed E-state index contributed by atoms with van der Waals surface area (Å²) in [6.45, 7) is 0. The highest BCUT2D eigenvalue weighted by molar-refractivity contribution is 5.72. The van der Waals surface area contributed by atoms with Crippen molar-refractivity contribution in [1.29, 1.82) is 0 Å². The Labute approximate surface area is 122 Å². The first-order chi connectivity index (χ1) is 10.2. The molecule has 2 aromatic rings. The SMILES string of the molecule is O=C(O)Cc1cnc(F)c(-c2cccc(OC(F)(F)F)c2)c1. The predicted octanol–water partition coefficient (Wildman–Crippen LogP) is 3.41. The number of carbonyl (C=O) groups is 1. The molecule has 4 nitrogen and oxygen atoms in total. The number of aromatic nitrogens is 1. The van der Waals surface area contributed by atoms with Gasteiger partial charge in [-0.15, -0.1) is 13.2 Å². The quantitative estimate of drug-likeness (QED) is 0.694. The molecule has 0 amide bonds. The number of hydrogen-bond acceptors (Lipinski definition) is 3. The van der Waals surface area contributed by atoms with Crippen molar-refractivity contribution in [3.63, 3.8) is 0 Å². The van der Waals surface area contributed by atoms with E-state index in [0.717, 1.165) is 18.3 Å². The van der Waals surface area contributed by atoms with Gasteiger partial charge >= 0.3 is 12.3 Å². The van der Waals surface area contributed by atoms with Crippen molar-refractivity contribution >= 4 is 5.97 Å². The summed E-state index contributed by atoms with van der Waals surface area (Å²) in [4.78, 5) is 14.1. The maximum atomic E-state index is 13.7. The molecule has 0 bridgehead atoms. The lowest BCUT2D eigenvalue weighted by Gasteiger charge is -2.10. The average Bonchev–Trinajstić information content (AvgIpc) is 2.39. The van der Waals surface area contributed by atoms with Gasteiger partial charge in [0.05, 0.1) is 6.42 Å². The van der Waals surface area contributed by atoms with Gasteiger partial charge in [-0.3, -0.25) is 4.79 Å². The molecule has 8 heteroatoms. The number of carboxylic acid groups (broad SMARTS) is 1. The first-order valence-electron chi connectivity index (χ1n) is 5.97. The highest BCUT2D eigenvalue weighted by Crippen LogP contribution is 2.29. The van der Waals surface area contributed by atoms with Gasteiger partial charge in [-0.25, -0.2) is 4.98 Å². The summed E-state index contributed by atoms with van der Waals surface area (Å²) < 4.78 is 54.1. The number of ether oxygens (including phenoxy) is 1. The summed E-state index contributed by atoms with van der Waals surface area (Å²) in [7, 11) is 0. The maximum Gasteiger partial charge on any atom is 0.573 e. The molecule has 0 radical (unpaired) electrons. The largest absolute Gasteiger partial charge is 0.573 e. The van der Waals surface area contributed by atoms with Gasteiger partial charge in [0, 0.05) is 11.8 Å². The zero-order valence-electron chi connectivity index (χ0n) is 10.9. The van der Waals surface area contributed by atoms with Crippen LogP contribution in [0.1, 0.15) is 5.56 Å². The molecule has 0 aliphatic rings. The molecular weight excluding hydrogens is 306 g/mol. The lowest BCUT2D eigenvalue weighted by molar-refractivity contribution is -0.274. The van der Waals surface area contributed by atoms with Crippen molar-refractivity contribution in [3.05, 3.63) is 48.0 Å². The Balaban J connectivity index is 2.38. The van der Waals surface area contributed by atoms with Crippen LogP contribution >= 0.6 is 0 Å². The van der Waals surface area contributed by atoms with Crippen molar-refractivity contribution in [2.75, 3.05) is 0 Å². The molecule has 1 N–H and O–H groups in total. The van der Waals surface area contributed by atoms with Crippen LogP contribution in [0.4, 0.5) is 17.6 Å². The molecule has 0 fully saturated rings. The van der Waals surface area contributed by atoms with E-state index in [1.807, 2.05) is 0 Å². The fourth-order valence-corrected chi connectivity index (χ4v) is 1.83. The van der Waals surface area contributed by atoms with Gasteiger partial charge in [0.25, 0.3) is 0 Å². The first-order valence-corrected chi connectivity index (χ1v) is 5.97. The number of halogens is 4. The van der Waals surface area contributed by atoms with Crippen LogP contribution in [0.3, 0.4) is 0 Å². The molecule has 0 aliphatic carbocycles. The van der Waals surface area contributed by atoms with Gasteiger partial charge < -0.3 is 9.84 Å². The van der Waals surface area contributed by atoms with Gasteiger partial charge in [-0.1, -0.05) is 12.1 Å². The topological polar surface area (TPSA) is 59.4 Å². The maximum absolute atomic E-state index is 13.7. The number of alkyl halides is 3. The Morgan fingerprint density at radius 3 is 2.64 bits per heavy atom. The van der Waals surface area contributed by atoms with E-state index in [0.29, 0.717) is 0 Å². The molecule has 22 heavy (non-hydrogen) atoms. The van der Waals surface area contributed by atoms with Crippen LogP contribution < -0.4 is 4.74 Å². The Morgan fingerprint density at radius 1 is 1.27 bits per heavy atom. The molecule has 0 atom stereocenters. The number of nitrogens with zero attached hydrogens (tertiary/aromatic N) is 1. The molecule has 2 rings (SSSR count). The molecule has 0 saturated heterocycles. The minimum atomic E-state index is -4.86.